The van der Waals surface area contributed by atoms with Gasteiger partial charge in [-0.05, 0) is 48.9 Å². The van der Waals surface area contributed by atoms with Gasteiger partial charge in [0.2, 0.25) is 15.9 Å². The molecule has 1 atom stereocenters. The second-order valence-corrected chi connectivity index (χ2v) is 9.87. The topological polar surface area (TPSA) is 89.7 Å². The lowest BCUT2D eigenvalue weighted by molar-refractivity contribution is 0.318. The maximum Gasteiger partial charge on any atom is 0.244 e. The Hall–Kier alpha value is -2.52. The van der Waals surface area contributed by atoms with E-state index in [2.05, 4.69) is 22.0 Å². The number of hydrogen-bond acceptors (Lipinski definition) is 6. The first kappa shape index (κ1) is 18.5. The lowest BCUT2D eigenvalue weighted by atomic mass is 9.89. The van der Waals surface area contributed by atoms with Crippen LogP contribution in [0.15, 0.2) is 35.7 Å². The number of pyridine rings is 2. The van der Waals surface area contributed by atoms with Gasteiger partial charge in [-0.3, -0.25) is 0 Å². The van der Waals surface area contributed by atoms with Gasteiger partial charge in [0.1, 0.15) is 11.2 Å². The number of piperidine rings is 1. The van der Waals surface area contributed by atoms with E-state index < -0.39 is 10.0 Å². The summed E-state index contributed by atoms with van der Waals surface area (Å²) < 4.78 is 35.2. The van der Waals surface area contributed by atoms with E-state index in [9.17, 15) is 8.42 Å². The number of fused-ring (bicyclic) bond motifs is 2. The molecule has 0 amide bonds. The van der Waals surface area contributed by atoms with Gasteiger partial charge < -0.3 is 4.74 Å². The first-order chi connectivity index (χ1) is 13.9. The number of sulfonamides is 1. The summed E-state index contributed by atoms with van der Waals surface area (Å²) >= 11 is 0. The molecule has 5 rings (SSSR count). The largest absolute Gasteiger partial charge is 0.477 e. The summed E-state index contributed by atoms with van der Waals surface area (Å²) in [4.78, 5) is 8.70. The summed E-state index contributed by atoms with van der Waals surface area (Å²) in [5, 5.41) is 4.23. The fourth-order valence-corrected chi connectivity index (χ4v) is 5.76. The van der Waals surface area contributed by atoms with Crippen LogP contribution in [0.4, 0.5) is 0 Å². The van der Waals surface area contributed by atoms with Crippen molar-refractivity contribution in [3.8, 4) is 5.88 Å². The quantitative estimate of drug-likeness (QED) is 0.655. The summed E-state index contributed by atoms with van der Waals surface area (Å²) in [6, 6.07) is 3.76. The summed E-state index contributed by atoms with van der Waals surface area (Å²) in [5.74, 6) is 1.02. The summed E-state index contributed by atoms with van der Waals surface area (Å²) in [7, 11) is -3.56. The van der Waals surface area contributed by atoms with Gasteiger partial charge in [-0.15, -0.1) is 0 Å². The number of rotatable bonds is 3. The van der Waals surface area contributed by atoms with Crippen molar-refractivity contribution in [2.45, 2.75) is 43.4 Å². The van der Waals surface area contributed by atoms with E-state index in [0.717, 1.165) is 24.1 Å². The third kappa shape index (κ3) is 3.08. The fourth-order valence-electron chi connectivity index (χ4n) is 4.31. The normalized spacial score (nSPS) is 20.7. The van der Waals surface area contributed by atoms with Crippen LogP contribution in [0.25, 0.3) is 5.65 Å². The summed E-state index contributed by atoms with van der Waals surface area (Å²) in [6.45, 7) is 5.62. The van der Waals surface area contributed by atoms with Gasteiger partial charge in [0.05, 0.1) is 12.8 Å². The number of nitrogens with zero attached hydrogens (tertiary/aromatic N) is 5. The molecule has 0 aromatic carbocycles. The molecular weight excluding hydrogens is 390 g/mol. The van der Waals surface area contributed by atoms with Crippen LogP contribution in [0.2, 0.25) is 0 Å². The van der Waals surface area contributed by atoms with E-state index in [4.69, 9.17) is 4.74 Å². The second kappa shape index (κ2) is 6.77. The molecule has 152 valence electrons. The predicted molar refractivity (Wildman–Crippen MR) is 107 cm³/mol. The molecule has 1 unspecified atom stereocenters. The van der Waals surface area contributed by atoms with Crippen LogP contribution >= 0.6 is 0 Å². The van der Waals surface area contributed by atoms with Crippen LogP contribution in [0.3, 0.4) is 0 Å². The van der Waals surface area contributed by atoms with Crippen molar-refractivity contribution >= 4 is 15.7 Å². The molecule has 0 spiro atoms. The Morgan fingerprint density at radius 3 is 2.72 bits per heavy atom. The molecule has 0 N–H and O–H groups in total. The second-order valence-electron chi connectivity index (χ2n) is 7.93. The predicted octanol–water partition coefficient (Wildman–Crippen LogP) is 2.50. The zero-order chi connectivity index (χ0) is 20.2. The van der Waals surface area contributed by atoms with Crippen molar-refractivity contribution in [3.63, 3.8) is 0 Å². The molecule has 29 heavy (non-hydrogen) atoms. The molecule has 0 radical (unpaired) electrons. The summed E-state index contributed by atoms with van der Waals surface area (Å²) in [6.07, 6.45) is 6.54. The highest BCUT2D eigenvalue weighted by Crippen LogP contribution is 2.35. The van der Waals surface area contributed by atoms with E-state index in [0.29, 0.717) is 31.5 Å². The van der Waals surface area contributed by atoms with Gasteiger partial charge >= 0.3 is 0 Å². The number of aromatic nitrogens is 4. The SMILES string of the molecule is Cc1cc2ncnn2cc1C1CCN(S(=O)(=O)c2cnc3c(c2)C(C)CO3)CC1. The highest BCUT2D eigenvalue weighted by atomic mass is 32.2. The Kier molecular flexibility index (Phi) is 4.32. The fraction of sp³-hybridized carbons (Fsp3) is 0.450. The first-order valence-corrected chi connectivity index (χ1v) is 11.3. The van der Waals surface area contributed by atoms with Crippen molar-refractivity contribution in [1.29, 1.82) is 0 Å². The monoisotopic (exact) mass is 413 g/mol. The Labute approximate surface area is 169 Å². The standard InChI is InChI=1S/C20H23N5O3S/c1-13-7-19-22-12-23-25(19)10-18(13)15-3-5-24(6-4-15)29(26,27)16-8-17-14(2)11-28-20(17)21-9-16/h7-10,12,14-15H,3-6,11H2,1-2H3. The van der Waals surface area contributed by atoms with Crippen molar-refractivity contribution in [1.82, 2.24) is 23.9 Å². The molecule has 2 aliphatic rings. The average Bonchev–Trinajstić information content (AvgIpc) is 3.33. The molecule has 1 fully saturated rings. The smallest absolute Gasteiger partial charge is 0.244 e. The lowest BCUT2D eigenvalue weighted by Gasteiger charge is -2.32. The van der Waals surface area contributed by atoms with Crippen LogP contribution in [-0.2, 0) is 10.0 Å². The molecule has 3 aromatic rings. The van der Waals surface area contributed by atoms with Crippen LogP contribution in [0, 0.1) is 6.92 Å². The zero-order valence-electron chi connectivity index (χ0n) is 16.4. The van der Waals surface area contributed by atoms with Crippen LogP contribution in [0.1, 0.15) is 48.3 Å². The molecule has 1 saturated heterocycles. The van der Waals surface area contributed by atoms with Gasteiger partial charge in [-0.2, -0.15) is 9.40 Å². The van der Waals surface area contributed by atoms with Gasteiger partial charge in [-0.1, -0.05) is 6.92 Å². The van der Waals surface area contributed by atoms with Crippen molar-refractivity contribution in [2.75, 3.05) is 19.7 Å². The minimum absolute atomic E-state index is 0.160. The van der Waals surface area contributed by atoms with Crippen LogP contribution < -0.4 is 4.74 Å². The van der Waals surface area contributed by atoms with Crippen LogP contribution in [0.5, 0.6) is 5.88 Å². The number of ether oxygens (including phenoxy) is 1. The maximum atomic E-state index is 13.2. The molecule has 0 saturated carbocycles. The number of hydrogen-bond donors (Lipinski definition) is 0. The molecule has 5 heterocycles. The lowest BCUT2D eigenvalue weighted by Crippen LogP contribution is -2.38. The Balaban J connectivity index is 1.36. The van der Waals surface area contributed by atoms with Gasteiger partial charge in [-0.25, -0.2) is 22.9 Å². The van der Waals surface area contributed by atoms with Gasteiger partial charge in [0.15, 0.2) is 5.65 Å². The van der Waals surface area contributed by atoms with E-state index in [1.165, 1.54) is 17.3 Å². The maximum absolute atomic E-state index is 13.2. The van der Waals surface area contributed by atoms with Crippen LogP contribution in [-0.4, -0.2) is 52.0 Å². The molecule has 9 heteroatoms. The van der Waals surface area contributed by atoms with E-state index in [-0.39, 0.29) is 10.8 Å². The zero-order valence-corrected chi connectivity index (χ0v) is 17.3. The van der Waals surface area contributed by atoms with Crippen molar-refractivity contribution in [3.05, 3.63) is 47.5 Å². The molecule has 0 aliphatic carbocycles. The number of aryl methyl sites for hydroxylation is 1. The Bertz CT molecular complexity index is 1180. The minimum Gasteiger partial charge on any atom is -0.477 e. The minimum atomic E-state index is -3.56. The average molecular weight is 414 g/mol. The van der Waals surface area contributed by atoms with Crippen molar-refractivity contribution in [2.24, 2.45) is 0 Å². The molecule has 2 aliphatic heterocycles. The molecule has 8 nitrogen and oxygen atoms in total. The third-order valence-corrected chi connectivity index (χ3v) is 7.91. The summed E-state index contributed by atoms with van der Waals surface area (Å²) in [5.41, 5.74) is 4.08. The highest BCUT2D eigenvalue weighted by Gasteiger charge is 2.32. The molecule has 3 aromatic heterocycles. The van der Waals surface area contributed by atoms with Crippen molar-refractivity contribution < 1.29 is 13.2 Å². The van der Waals surface area contributed by atoms with Gasteiger partial charge in [0.25, 0.3) is 0 Å². The Morgan fingerprint density at radius 2 is 1.93 bits per heavy atom. The highest BCUT2D eigenvalue weighted by molar-refractivity contribution is 7.89. The molecule has 0 bridgehead atoms. The third-order valence-electron chi connectivity index (χ3n) is 6.05. The van der Waals surface area contributed by atoms with E-state index >= 15 is 0 Å². The van der Waals surface area contributed by atoms with E-state index in [1.807, 2.05) is 19.2 Å². The van der Waals surface area contributed by atoms with Gasteiger partial charge in [0, 0.05) is 30.8 Å². The molecular formula is C20H23N5O3S. The first-order valence-electron chi connectivity index (χ1n) is 9.86. The van der Waals surface area contributed by atoms with E-state index in [1.54, 1.807) is 21.2 Å². The Morgan fingerprint density at radius 1 is 1.14 bits per heavy atom.